The van der Waals surface area contributed by atoms with E-state index in [1.54, 1.807) is 48.5 Å². The van der Waals surface area contributed by atoms with E-state index >= 15 is 4.39 Å². The van der Waals surface area contributed by atoms with Crippen LogP contribution in [-0.2, 0) is 22.4 Å². The Morgan fingerprint density at radius 3 is 1.93 bits per heavy atom. The third-order valence-electron chi connectivity index (χ3n) is 7.79. The summed E-state index contributed by atoms with van der Waals surface area (Å²) in [6.07, 6.45) is -9.32. The zero-order chi connectivity index (χ0) is 44.3. The van der Waals surface area contributed by atoms with Crippen molar-refractivity contribution in [1.82, 2.24) is 19.7 Å². The van der Waals surface area contributed by atoms with E-state index in [4.69, 9.17) is 35.7 Å². The van der Waals surface area contributed by atoms with Crippen LogP contribution in [0.4, 0.5) is 30.7 Å². The molecule has 0 aliphatic rings. The van der Waals surface area contributed by atoms with Gasteiger partial charge in [-0.1, -0.05) is 63.2 Å². The summed E-state index contributed by atoms with van der Waals surface area (Å²) in [5.41, 5.74) is 7.18. The summed E-state index contributed by atoms with van der Waals surface area (Å²) in [6, 6.07) is 16.5. The number of aliphatic carboxylic acids is 2. The van der Waals surface area contributed by atoms with E-state index in [1.807, 2.05) is 21.0 Å². The fourth-order valence-electron chi connectivity index (χ4n) is 5.33. The van der Waals surface area contributed by atoms with Gasteiger partial charge in [0.25, 0.3) is 0 Å². The first-order valence-corrected chi connectivity index (χ1v) is 16.8. The fraction of sp³-hybridized carbons (Fsp3) is 0.351. The Kier molecular flexibility index (Phi) is 16.3. The number of nitrogens with one attached hydrogen (secondary N) is 2. The maximum absolute atomic E-state index is 16.5. The maximum Gasteiger partial charge on any atom is 0.490 e. The van der Waals surface area contributed by atoms with Crippen molar-refractivity contribution in [3.05, 3.63) is 111 Å². The van der Waals surface area contributed by atoms with Crippen LogP contribution in [-0.4, -0.2) is 98.3 Å². The van der Waals surface area contributed by atoms with Crippen molar-refractivity contribution in [2.24, 2.45) is 11.1 Å². The van der Waals surface area contributed by atoms with Gasteiger partial charge in [-0.15, -0.1) is 5.10 Å². The van der Waals surface area contributed by atoms with Crippen molar-refractivity contribution in [2.75, 3.05) is 27.2 Å². The van der Waals surface area contributed by atoms with Crippen LogP contribution in [0.15, 0.2) is 65.5 Å². The van der Waals surface area contributed by atoms with Crippen molar-refractivity contribution in [3.63, 3.8) is 0 Å². The number of aromatic amines is 1. The van der Waals surface area contributed by atoms with Gasteiger partial charge in [-0.2, -0.15) is 31.0 Å². The molecule has 1 heterocycles. The van der Waals surface area contributed by atoms with Crippen LogP contribution in [0.25, 0.3) is 5.69 Å². The first-order chi connectivity index (χ1) is 26.7. The van der Waals surface area contributed by atoms with Gasteiger partial charge in [-0.3, -0.25) is 10.4 Å². The van der Waals surface area contributed by atoms with Gasteiger partial charge in [0.05, 0.1) is 23.8 Å². The van der Waals surface area contributed by atoms with Crippen molar-refractivity contribution >= 4 is 23.7 Å². The van der Waals surface area contributed by atoms with Crippen LogP contribution in [0.1, 0.15) is 65.1 Å². The first kappa shape index (κ1) is 47.9. The highest BCUT2D eigenvalue weighted by atomic mass is 19.4. The molecule has 0 aliphatic heterocycles. The molecule has 3 aromatic carbocycles. The minimum atomic E-state index is -5.08. The molecule has 7 N–H and O–H groups in total. The summed E-state index contributed by atoms with van der Waals surface area (Å²) in [5.74, 6) is -7.85. The van der Waals surface area contributed by atoms with Crippen LogP contribution < -0.4 is 16.2 Å². The molecule has 4 aromatic rings. The molecular weight excluding hydrogens is 789 g/mol. The Labute approximate surface area is 326 Å². The smallest absolute Gasteiger partial charge is 0.490 e. The van der Waals surface area contributed by atoms with Crippen LogP contribution in [0.5, 0.6) is 5.75 Å². The quantitative estimate of drug-likeness (QED) is 0.0532. The summed E-state index contributed by atoms with van der Waals surface area (Å²) in [5, 5.41) is 36.2. The highest BCUT2D eigenvalue weighted by Gasteiger charge is 2.39. The number of H-pyrrole nitrogens is 1. The van der Waals surface area contributed by atoms with E-state index in [1.165, 1.54) is 12.1 Å². The number of benzene rings is 3. The van der Waals surface area contributed by atoms with Crippen molar-refractivity contribution in [3.8, 4) is 11.4 Å². The fourth-order valence-corrected chi connectivity index (χ4v) is 5.33. The van der Waals surface area contributed by atoms with Gasteiger partial charge >= 0.3 is 36.0 Å². The van der Waals surface area contributed by atoms with Gasteiger partial charge in [0.15, 0.2) is 11.6 Å². The number of nitrogens with zero attached hydrogens (tertiary/aromatic N) is 3. The number of rotatable bonds is 13. The molecular formula is C37H41F7N6O8. The number of aromatic carboxylic acids is 1. The maximum atomic E-state index is 16.5. The SMILES string of the molecule is CCc1cc(OCC(C)(C)CN(C)C)c(F)c(C(Cc2ccc(C(=N)N)cc2)c2nn(-c3ccccc3C(=O)O)c(=O)[nH]2)c1.O=C(O)C(F)(F)F.O=C(O)C(F)(F)F. The molecule has 0 aliphatic carbocycles. The molecule has 1 unspecified atom stereocenters. The van der Waals surface area contributed by atoms with Gasteiger partial charge in [0.1, 0.15) is 11.7 Å². The van der Waals surface area contributed by atoms with E-state index in [2.05, 4.69) is 28.8 Å². The minimum Gasteiger partial charge on any atom is -0.490 e. The van der Waals surface area contributed by atoms with E-state index in [0.29, 0.717) is 12.0 Å². The molecule has 0 radical (unpaired) electrons. The number of nitrogens with two attached hydrogens (primary N) is 1. The van der Waals surface area contributed by atoms with E-state index in [9.17, 15) is 41.0 Å². The number of carboxylic acids is 3. The Hall–Kier alpha value is -6.25. The molecule has 58 heavy (non-hydrogen) atoms. The molecule has 4 rings (SSSR count). The number of para-hydroxylation sites is 1. The van der Waals surface area contributed by atoms with Crippen LogP contribution in [0, 0.1) is 16.6 Å². The Balaban J connectivity index is 0.000000707. The van der Waals surface area contributed by atoms with Gasteiger partial charge in [-0.05, 0) is 56.3 Å². The van der Waals surface area contributed by atoms with E-state index in [-0.39, 0.29) is 52.7 Å². The van der Waals surface area contributed by atoms with E-state index in [0.717, 1.165) is 22.4 Å². The Bertz CT molecular complexity index is 2110. The molecule has 21 heteroatoms. The lowest BCUT2D eigenvalue weighted by Crippen LogP contribution is -2.33. The molecule has 0 bridgehead atoms. The molecule has 1 aromatic heterocycles. The molecule has 0 saturated heterocycles. The molecule has 0 spiro atoms. The first-order valence-electron chi connectivity index (χ1n) is 16.8. The number of aryl methyl sites for hydroxylation is 1. The molecule has 1 atom stereocenters. The summed E-state index contributed by atoms with van der Waals surface area (Å²) in [4.78, 5) is 47.7. The highest BCUT2D eigenvalue weighted by molar-refractivity contribution is 5.95. The summed E-state index contributed by atoms with van der Waals surface area (Å²) in [7, 11) is 3.95. The van der Waals surface area contributed by atoms with Crippen LogP contribution >= 0.6 is 0 Å². The van der Waals surface area contributed by atoms with Crippen LogP contribution in [0.3, 0.4) is 0 Å². The number of ether oxygens (including phenoxy) is 1. The van der Waals surface area contributed by atoms with Crippen LogP contribution in [0.2, 0.25) is 0 Å². The number of hydrogen-bond donors (Lipinski definition) is 6. The van der Waals surface area contributed by atoms with Crippen molar-refractivity contribution < 1.29 is 65.2 Å². The summed E-state index contributed by atoms with van der Waals surface area (Å²) >= 11 is 0. The zero-order valence-corrected chi connectivity index (χ0v) is 31.6. The third-order valence-corrected chi connectivity index (χ3v) is 7.79. The summed E-state index contributed by atoms with van der Waals surface area (Å²) in [6.45, 7) is 7.09. The molecule has 0 amide bonds. The second-order valence-corrected chi connectivity index (χ2v) is 13.6. The molecule has 14 nitrogen and oxygen atoms in total. The number of hydrogen-bond acceptors (Lipinski definition) is 8. The van der Waals surface area contributed by atoms with Gasteiger partial charge in [0, 0.05) is 23.1 Å². The monoisotopic (exact) mass is 830 g/mol. The highest BCUT2D eigenvalue weighted by Crippen LogP contribution is 2.35. The average Bonchev–Trinajstić information content (AvgIpc) is 3.50. The number of aromatic nitrogens is 3. The lowest BCUT2D eigenvalue weighted by atomic mass is 9.89. The lowest BCUT2D eigenvalue weighted by molar-refractivity contribution is -0.193. The number of amidine groups is 1. The second-order valence-electron chi connectivity index (χ2n) is 13.6. The standard InChI is InChI=1S/C33H39FN6O4.2C2HF3O2/c1-6-20-15-24(28(34)27(17-20)44-19-33(2,3)18-39(4)5)25(16-21-11-13-22(14-12-21)29(35)36)30-37-32(43)40(38-30)26-10-8-7-9-23(26)31(41)42;2*3-2(4,5)1(6)7/h7-15,17,25H,6,16,18-19H2,1-5H3,(H3,35,36)(H,41,42)(H,37,38,43);2*(H,6,7). The average molecular weight is 831 g/mol. The van der Waals surface area contributed by atoms with Crippen molar-refractivity contribution in [2.45, 2.75) is 51.9 Å². The summed E-state index contributed by atoms with van der Waals surface area (Å²) < 4.78 is 87.0. The predicted molar refractivity (Wildman–Crippen MR) is 195 cm³/mol. The normalized spacial score (nSPS) is 12.1. The number of halogens is 7. The Morgan fingerprint density at radius 1 is 0.931 bits per heavy atom. The lowest BCUT2D eigenvalue weighted by Gasteiger charge is -2.28. The Morgan fingerprint density at radius 2 is 1.47 bits per heavy atom. The predicted octanol–water partition coefficient (Wildman–Crippen LogP) is 5.85. The topological polar surface area (TPSA) is 225 Å². The molecule has 0 fully saturated rings. The number of carboxylic acid groups (broad SMARTS) is 3. The molecule has 0 saturated carbocycles. The number of carbonyl (C=O) groups is 3. The molecule has 316 valence electrons. The number of alkyl halides is 6. The third kappa shape index (κ3) is 14.0. The second kappa shape index (κ2) is 19.7. The van der Waals surface area contributed by atoms with Gasteiger partial charge < -0.3 is 30.7 Å². The minimum absolute atomic E-state index is 0.0751. The number of nitrogen functional groups attached to an aromatic ring is 1. The van der Waals surface area contributed by atoms with Crippen molar-refractivity contribution in [1.29, 1.82) is 5.41 Å². The van der Waals surface area contributed by atoms with Gasteiger partial charge in [-0.25, -0.2) is 23.6 Å². The largest absolute Gasteiger partial charge is 0.490 e. The van der Waals surface area contributed by atoms with Gasteiger partial charge in [0.2, 0.25) is 0 Å². The van der Waals surface area contributed by atoms with E-state index < -0.39 is 47.7 Å². The zero-order valence-electron chi connectivity index (χ0n) is 31.6.